The summed E-state index contributed by atoms with van der Waals surface area (Å²) in [6.45, 7) is 9.01. The monoisotopic (exact) mass is 453 g/mol. The third-order valence-corrected chi connectivity index (χ3v) is 5.56. The number of hydrogen-bond donors (Lipinski definition) is 1. The number of ether oxygens (including phenoxy) is 1. The lowest BCUT2D eigenvalue weighted by atomic mass is 9.88. The number of rotatable bonds is 6. The maximum Gasteiger partial charge on any atom is 0.308 e. The van der Waals surface area contributed by atoms with Crippen LogP contribution in [0.5, 0.6) is 0 Å². The Labute approximate surface area is 165 Å². The fourth-order valence-corrected chi connectivity index (χ4v) is 3.41. The van der Waals surface area contributed by atoms with Gasteiger partial charge in [0.25, 0.3) is 0 Å². The molecule has 0 radical (unpaired) electrons. The van der Waals surface area contributed by atoms with Crippen LogP contribution in [-0.4, -0.2) is 27.5 Å². The van der Waals surface area contributed by atoms with Crippen LogP contribution in [-0.2, 0) is 26.4 Å². The van der Waals surface area contributed by atoms with Crippen LogP contribution in [0.25, 0.3) is 0 Å². The van der Waals surface area contributed by atoms with E-state index in [-0.39, 0.29) is 5.56 Å². The van der Waals surface area contributed by atoms with Crippen molar-refractivity contribution in [2.24, 2.45) is 0 Å². The summed E-state index contributed by atoms with van der Waals surface area (Å²) in [7, 11) is 0. The second-order valence-electron chi connectivity index (χ2n) is 8.09. The molecule has 0 amide bonds. The van der Waals surface area contributed by atoms with Crippen molar-refractivity contribution < 1.29 is 22.9 Å². The Morgan fingerprint density at radius 2 is 1.85 bits per heavy atom. The van der Waals surface area contributed by atoms with E-state index in [0.29, 0.717) is 4.47 Å². The van der Waals surface area contributed by atoms with Gasteiger partial charge < -0.3 is 9.29 Å². The first-order valence-corrected chi connectivity index (χ1v) is 10.1. The highest BCUT2D eigenvalue weighted by Crippen LogP contribution is 2.34. The minimum absolute atomic E-state index is 0.0853. The van der Waals surface area contributed by atoms with Crippen LogP contribution in [0.1, 0.15) is 53.5 Å². The van der Waals surface area contributed by atoms with Crippen molar-refractivity contribution in [1.82, 2.24) is 4.72 Å². The third kappa shape index (κ3) is 6.48. The van der Waals surface area contributed by atoms with Crippen LogP contribution in [0.4, 0.5) is 8.78 Å². The van der Waals surface area contributed by atoms with Gasteiger partial charge in [-0.25, -0.2) is 8.78 Å². The van der Waals surface area contributed by atoms with Crippen LogP contribution in [0.2, 0.25) is 0 Å². The minimum atomic E-state index is -1.81. The Balaban J connectivity index is 3.38. The molecule has 8 heteroatoms. The van der Waals surface area contributed by atoms with Gasteiger partial charge in [-0.3, -0.25) is 4.79 Å². The number of nitrogens with one attached hydrogen (secondary N) is 1. The first kappa shape index (κ1) is 23.3. The summed E-state index contributed by atoms with van der Waals surface area (Å²) in [6.07, 6.45) is -0.504. The molecular formula is C18H26BrF2NO3S. The summed E-state index contributed by atoms with van der Waals surface area (Å²) < 4.78 is 49.1. The molecule has 0 bridgehead atoms. The summed E-state index contributed by atoms with van der Waals surface area (Å²) in [4.78, 5) is 12.4. The summed E-state index contributed by atoms with van der Waals surface area (Å²) in [6, 6.07) is 4.02. The molecule has 1 unspecified atom stereocenters. The number of carbonyl (C=O) groups excluding carboxylic acids is 1. The van der Waals surface area contributed by atoms with Crippen LogP contribution in [0, 0.1) is 5.82 Å². The van der Waals surface area contributed by atoms with E-state index in [9.17, 15) is 18.1 Å². The minimum Gasteiger partial charge on any atom is -0.598 e. The largest absolute Gasteiger partial charge is 0.598 e. The highest BCUT2D eigenvalue weighted by atomic mass is 79.9. The Kier molecular flexibility index (Phi) is 7.67. The SMILES string of the molecule is CC(C)(C)OC(=O)C[C@](CF)(N[S+]([O-])C(C)(C)C)c1cc(Br)ccc1F. The zero-order valence-electron chi connectivity index (χ0n) is 15.9. The van der Waals surface area contributed by atoms with E-state index in [2.05, 4.69) is 20.7 Å². The molecule has 0 aliphatic rings. The fourth-order valence-electron chi connectivity index (χ4n) is 2.15. The molecule has 0 fully saturated rings. The highest BCUT2D eigenvalue weighted by Gasteiger charge is 2.45. The number of alkyl halides is 1. The molecule has 26 heavy (non-hydrogen) atoms. The summed E-state index contributed by atoms with van der Waals surface area (Å²) in [5.74, 6) is -1.42. The van der Waals surface area contributed by atoms with Gasteiger partial charge >= 0.3 is 5.97 Å². The van der Waals surface area contributed by atoms with Crippen molar-refractivity contribution in [3.05, 3.63) is 34.1 Å². The molecule has 0 aliphatic carbocycles. The maximum atomic E-state index is 14.5. The van der Waals surface area contributed by atoms with Gasteiger partial charge in [0.2, 0.25) is 0 Å². The molecule has 0 heterocycles. The van der Waals surface area contributed by atoms with Gasteiger partial charge in [0.15, 0.2) is 0 Å². The average Bonchev–Trinajstić information content (AvgIpc) is 2.46. The summed E-state index contributed by atoms with van der Waals surface area (Å²) >= 11 is 1.49. The van der Waals surface area contributed by atoms with Gasteiger partial charge in [-0.05, 0) is 59.7 Å². The maximum absolute atomic E-state index is 14.5. The lowest BCUT2D eigenvalue weighted by Crippen LogP contribution is -2.54. The van der Waals surface area contributed by atoms with E-state index in [4.69, 9.17) is 4.74 Å². The van der Waals surface area contributed by atoms with E-state index in [1.165, 1.54) is 18.2 Å². The van der Waals surface area contributed by atoms with Crippen molar-refractivity contribution in [2.45, 2.75) is 63.9 Å². The highest BCUT2D eigenvalue weighted by molar-refractivity contribution is 9.10. The van der Waals surface area contributed by atoms with Gasteiger partial charge in [-0.15, -0.1) is 4.72 Å². The van der Waals surface area contributed by atoms with Gasteiger partial charge in [0, 0.05) is 21.4 Å². The zero-order chi connectivity index (χ0) is 20.3. The standard InChI is InChI=1S/C18H26BrF2NO3S/c1-16(2,3)25-15(23)10-18(11-20,22-26(24)17(4,5)6)13-9-12(19)7-8-14(13)21/h7-9,22H,10-11H2,1-6H3/t18-,26?/m1/s1. The molecule has 0 saturated carbocycles. The quantitative estimate of drug-likeness (QED) is 0.507. The van der Waals surface area contributed by atoms with Crippen LogP contribution < -0.4 is 4.72 Å². The number of halogens is 3. The van der Waals surface area contributed by atoms with E-state index in [1.807, 2.05) is 0 Å². The van der Waals surface area contributed by atoms with Crippen LogP contribution >= 0.6 is 15.9 Å². The fraction of sp³-hybridized carbons (Fsp3) is 0.611. The van der Waals surface area contributed by atoms with Gasteiger partial charge in [0.05, 0.1) is 6.42 Å². The Morgan fingerprint density at radius 3 is 2.31 bits per heavy atom. The molecule has 148 valence electrons. The van der Waals surface area contributed by atoms with Crippen LogP contribution in [0.3, 0.4) is 0 Å². The second-order valence-corrected chi connectivity index (χ2v) is 11.0. The molecule has 0 aromatic heterocycles. The Bertz CT molecular complexity index is 646. The first-order valence-electron chi connectivity index (χ1n) is 8.13. The number of hydrogen-bond acceptors (Lipinski definition) is 4. The average molecular weight is 454 g/mol. The zero-order valence-corrected chi connectivity index (χ0v) is 18.3. The molecule has 1 rings (SSSR count). The third-order valence-electron chi connectivity index (χ3n) is 3.38. The second kappa shape index (κ2) is 8.54. The molecule has 0 saturated heterocycles. The summed E-state index contributed by atoms with van der Waals surface area (Å²) in [5, 5.41) is 0. The van der Waals surface area contributed by atoms with E-state index in [0.717, 1.165) is 0 Å². The first-order chi connectivity index (χ1) is 11.7. The molecule has 0 aliphatic heterocycles. The predicted octanol–water partition coefficient (Wildman–Crippen LogP) is 4.54. The lowest BCUT2D eigenvalue weighted by Gasteiger charge is -2.36. The Hall–Kier alpha value is -0.700. The van der Waals surface area contributed by atoms with Gasteiger partial charge in [-0.2, -0.15) is 0 Å². The topological polar surface area (TPSA) is 61.4 Å². The van der Waals surface area contributed by atoms with Crippen molar-refractivity contribution in [2.75, 3.05) is 6.67 Å². The normalized spacial score (nSPS) is 16.1. The van der Waals surface area contributed by atoms with Crippen molar-refractivity contribution in [1.29, 1.82) is 0 Å². The van der Waals surface area contributed by atoms with Crippen molar-refractivity contribution in [3.8, 4) is 0 Å². The number of carbonyl (C=O) groups is 1. The predicted molar refractivity (Wildman–Crippen MR) is 103 cm³/mol. The van der Waals surface area contributed by atoms with E-state index in [1.54, 1.807) is 41.5 Å². The van der Waals surface area contributed by atoms with E-state index >= 15 is 0 Å². The molecule has 0 spiro atoms. The van der Waals surface area contributed by atoms with Crippen LogP contribution in [0.15, 0.2) is 22.7 Å². The molecule has 2 atom stereocenters. The lowest BCUT2D eigenvalue weighted by molar-refractivity contribution is -0.156. The van der Waals surface area contributed by atoms with Gasteiger partial charge in [0.1, 0.15) is 28.4 Å². The number of benzene rings is 1. The van der Waals surface area contributed by atoms with Crippen molar-refractivity contribution >= 4 is 33.3 Å². The number of esters is 1. The smallest absolute Gasteiger partial charge is 0.308 e. The van der Waals surface area contributed by atoms with Crippen molar-refractivity contribution in [3.63, 3.8) is 0 Å². The molecule has 1 aromatic carbocycles. The summed E-state index contributed by atoms with van der Waals surface area (Å²) in [5.41, 5.74) is -2.68. The molecular weight excluding hydrogens is 428 g/mol. The molecule has 1 aromatic rings. The van der Waals surface area contributed by atoms with Gasteiger partial charge in [-0.1, -0.05) is 15.9 Å². The molecule has 1 N–H and O–H groups in total. The van der Waals surface area contributed by atoms with E-state index < -0.39 is 52.1 Å². The Morgan fingerprint density at radius 1 is 1.27 bits per heavy atom. The molecule has 4 nitrogen and oxygen atoms in total.